The van der Waals surface area contributed by atoms with Crippen molar-refractivity contribution in [3.63, 3.8) is 0 Å². The number of nitrogens with one attached hydrogen (secondary N) is 1. The van der Waals surface area contributed by atoms with Crippen molar-refractivity contribution in [2.24, 2.45) is 0 Å². The maximum atomic E-state index is 12.4. The topological polar surface area (TPSA) is 64.4 Å². The summed E-state index contributed by atoms with van der Waals surface area (Å²) in [6.45, 7) is 3.99. The molecular weight excluding hydrogens is 292 g/mol. The minimum atomic E-state index is -0.256. The van der Waals surface area contributed by atoms with Crippen LogP contribution in [-0.4, -0.2) is 30.8 Å². The number of hydrogen-bond acceptors (Lipinski definition) is 4. The summed E-state index contributed by atoms with van der Waals surface area (Å²) in [4.78, 5) is 12.4. The van der Waals surface area contributed by atoms with Crippen LogP contribution in [0.5, 0.6) is 0 Å². The lowest BCUT2D eigenvalue weighted by atomic mass is 10.1. The molecule has 0 aliphatic heterocycles. The highest BCUT2D eigenvalue weighted by molar-refractivity contribution is 6.33. The number of nitrogens with zero attached hydrogens (tertiary/aromatic N) is 1. The van der Waals surface area contributed by atoms with Crippen LogP contribution >= 0.6 is 11.6 Å². The molecule has 0 bridgehead atoms. The molecule has 112 valence electrons. The second-order valence-corrected chi connectivity index (χ2v) is 5.18. The molecule has 21 heavy (non-hydrogen) atoms. The van der Waals surface area contributed by atoms with Gasteiger partial charge in [0.2, 0.25) is 0 Å². The summed E-state index contributed by atoms with van der Waals surface area (Å²) in [7, 11) is 1.59. The molecule has 1 heterocycles. The van der Waals surface area contributed by atoms with Crippen LogP contribution in [0.4, 0.5) is 0 Å². The first-order chi connectivity index (χ1) is 10.0. The third-order valence-electron chi connectivity index (χ3n) is 3.01. The van der Waals surface area contributed by atoms with E-state index in [4.69, 9.17) is 20.9 Å². The van der Waals surface area contributed by atoms with Crippen LogP contribution in [0.2, 0.25) is 5.02 Å². The smallest absolute Gasteiger partial charge is 0.257 e. The van der Waals surface area contributed by atoms with Gasteiger partial charge in [0.25, 0.3) is 5.91 Å². The molecule has 1 aromatic carbocycles. The van der Waals surface area contributed by atoms with Crippen LogP contribution in [0.25, 0.3) is 11.3 Å². The van der Waals surface area contributed by atoms with Crippen molar-refractivity contribution in [3.8, 4) is 11.3 Å². The van der Waals surface area contributed by atoms with E-state index in [2.05, 4.69) is 10.5 Å². The summed E-state index contributed by atoms with van der Waals surface area (Å²) in [5.74, 6) is 0.195. The van der Waals surface area contributed by atoms with Crippen molar-refractivity contribution in [1.82, 2.24) is 10.5 Å². The molecule has 5 nitrogen and oxygen atoms in total. The van der Waals surface area contributed by atoms with Crippen LogP contribution in [0, 0.1) is 6.92 Å². The van der Waals surface area contributed by atoms with E-state index in [0.717, 1.165) is 0 Å². The van der Waals surface area contributed by atoms with Crippen molar-refractivity contribution in [1.29, 1.82) is 0 Å². The fourth-order valence-electron chi connectivity index (χ4n) is 2.06. The first kappa shape index (κ1) is 15.5. The Morgan fingerprint density at radius 1 is 1.48 bits per heavy atom. The van der Waals surface area contributed by atoms with E-state index in [-0.39, 0.29) is 11.9 Å². The van der Waals surface area contributed by atoms with Crippen molar-refractivity contribution in [3.05, 3.63) is 40.6 Å². The highest BCUT2D eigenvalue weighted by atomic mass is 35.5. The van der Waals surface area contributed by atoms with E-state index >= 15 is 0 Å². The Kier molecular flexibility index (Phi) is 4.98. The number of rotatable bonds is 5. The maximum Gasteiger partial charge on any atom is 0.257 e. The zero-order valence-electron chi connectivity index (χ0n) is 12.1. The van der Waals surface area contributed by atoms with Crippen LogP contribution in [0.15, 0.2) is 28.8 Å². The van der Waals surface area contributed by atoms with E-state index in [1.165, 1.54) is 0 Å². The largest absolute Gasteiger partial charge is 0.383 e. The summed E-state index contributed by atoms with van der Waals surface area (Å²) in [6.07, 6.45) is 0. The second kappa shape index (κ2) is 6.74. The Bertz CT molecular complexity index is 640. The Labute approximate surface area is 128 Å². The fourth-order valence-corrected chi connectivity index (χ4v) is 2.29. The summed E-state index contributed by atoms with van der Waals surface area (Å²) >= 11 is 6.17. The molecule has 0 aliphatic rings. The Hall–Kier alpha value is -1.85. The molecule has 1 aromatic heterocycles. The van der Waals surface area contributed by atoms with Gasteiger partial charge in [-0.05, 0) is 19.9 Å². The van der Waals surface area contributed by atoms with E-state index in [1.807, 2.05) is 19.1 Å². The van der Waals surface area contributed by atoms with Gasteiger partial charge in [0.05, 0.1) is 11.6 Å². The SMILES string of the molecule is COCC(C)NC(=O)c1c(-c2ccccc2Cl)noc1C. The quantitative estimate of drug-likeness (QED) is 0.922. The van der Waals surface area contributed by atoms with Crippen molar-refractivity contribution in [2.45, 2.75) is 19.9 Å². The Morgan fingerprint density at radius 3 is 2.86 bits per heavy atom. The van der Waals surface area contributed by atoms with E-state index in [0.29, 0.717) is 34.2 Å². The minimum absolute atomic E-state index is 0.115. The van der Waals surface area contributed by atoms with Gasteiger partial charge in [-0.1, -0.05) is 35.0 Å². The number of carbonyl (C=O) groups is 1. The normalized spacial score (nSPS) is 12.2. The van der Waals surface area contributed by atoms with Crippen molar-refractivity contribution < 1.29 is 14.1 Å². The number of ether oxygens (including phenoxy) is 1. The standard InChI is InChI=1S/C15H17ClN2O3/c1-9(8-20-3)17-15(19)13-10(2)21-18-14(13)11-6-4-5-7-12(11)16/h4-7,9H,8H2,1-3H3,(H,17,19). The summed E-state index contributed by atoms with van der Waals surface area (Å²) in [5.41, 5.74) is 1.51. The zero-order valence-corrected chi connectivity index (χ0v) is 12.9. The molecule has 1 N–H and O–H groups in total. The number of methoxy groups -OCH3 is 1. The number of amides is 1. The summed E-state index contributed by atoms with van der Waals surface area (Å²) in [5, 5.41) is 7.33. The molecular formula is C15H17ClN2O3. The molecule has 2 aromatic rings. The number of hydrogen-bond donors (Lipinski definition) is 1. The predicted octanol–water partition coefficient (Wildman–Crippen LogP) is 3.07. The highest BCUT2D eigenvalue weighted by Gasteiger charge is 2.23. The summed E-state index contributed by atoms with van der Waals surface area (Å²) in [6, 6.07) is 7.08. The molecule has 1 amide bonds. The third kappa shape index (κ3) is 3.43. The summed E-state index contributed by atoms with van der Waals surface area (Å²) < 4.78 is 10.2. The molecule has 0 radical (unpaired) electrons. The van der Waals surface area contributed by atoms with Gasteiger partial charge in [-0.2, -0.15) is 0 Å². The van der Waals surface area contributed by atoms with E-state index < -0.39 is 0 Å². The number of halogens is 1. The maximum absolute atomic E-state index is 12.4. The number of carbonyl (C=O) groups excluding carboxylic acids is 1. The van der Waals surface area contributed by atoms with Gasteiger partial charge in [0.1, 0.15) is 17.0 Å². The van der Waals surface area contributed by atoms with Crippen LogP contribution in [0.1, 0.15) is 23.0 Å². The van der Waals surface area contributed by atoms with Gasteiger partial charge in [-0.15, -0.1) is 0 Å². The minimum Gasteiger partial charge on any atom is -0.383 e. The average Bonchev–Trinajstić information content (AvgIpc) is 2.81. The molecule has 0 saturated carbocycles. The van der Waals surface area contributed by atoms with Crippen molar-refractivity contribution >= 4 is 17.5 Å². The first-order valence-corrected chi connectivity index (χ1v) is 6.93. The lowest BCUT2D eigenvalue weighted by molar-refractivity contribution is 0.0904. The van der Waals surface area contributed by atoms with Crippen LogP contribution < -0.4 is 5.32 Å². The van der Waals surface area contributed by atoms with Crippen LogP contribution in [0.3, 0.4) is 0 Å². The molecule has 0 aliphatic carbocycles. The predicted molar refractivity (Wildman–Crippen MR) is 80.5 cm³/mol. The molecule has 1 unspecified atom stereocenters. The third-order valence-corrected chi connectivity index (χ3v) is 3.34. The first-order valence-electron chi connectivity index (χ1n) is 6.55. The van der Waals surface area contributed by atoms with Crippen LogP contribution in [-0.2, 0) is 4.74 Å². The Balaban J connectivity index is 2.35. The number of aryl methyl sites for hydroxylation is 1. The molecule has 1 atom stereocenters. The molecule has 0 saturated heterocycles. The van der Waals surface area contributed by atoms with Gasteiger partial charge < -0.3 is 14.6 Å². The molecule has 0 fully saturated rings. The lowest BCUT2D eigenvalue weighted by Gasteiger charge is -2.12. The van der Waals surface area contributed by atoms with Gasteiger partial charge in [0, 0.05) is 18.7 Å². The van der Waals surface area contributed by atoms with Crippen molar-refractivity contribution in [2.75, 3.05) is 13.7 Å². The van der Waals surface area contributed by atoms with E-state index in [9.17, 15) is 4.79 Å². The van der Waals surface area contributed by atoms with Gasteiger partial charge >= 0.3 is 0 Å². The molecule has 0 spiro atoms. The molecule has 6 heteroatoms. The monoisotopic (exact) mass is 308 g/mol. The zero-order chi connectivity index (χ0) is 15.4. The fraction of sp³-hybridized carbons (Fsp3) is 0.333. The number of benzene rings is 1. The van der Waals surface area contributed by atoms with E-state index in [1.54, 1.807) is 26.2 Å². The average molecular weight is 309 g/mol. The number of aromatic nitrogens is 1. The van der Waals surface area contributed by atoms with Gasteiger partial charge in [-0.25, -0.2) is 0 Å². The van der Waals surface area contributed by atoms with Gasteiger partial charge in [-0.3, -0.25) is 4.79 Å². The molecule has 2 rings (SSSR count). The second-order valence-electron chi connectivity index (χ2n) is 4.77. The van der Waals surface area contributed by atoms with Gasteiger partial charge in [0.15, 0.2) is 0 Å². The highest BCUT2D eigenvalue weighted by Crippen LogP contribution is 2.30. The Morgan fingerprint density at radius 2 is 2.19 bits per heavy atom. The lowest BCUT2D eigenvalue weighted by Crippen LogP contribution is -2.36.